The highest BCUT2D eigenvalue weighted by Gasteiger charge is 2.18. The number of amides is 1. The molecule has 1 aromatic heterocycles. The molecule has 0 radical (unpaired) electrons. The number of para-hydroxylation sites is 1. The van der Waals surface area contributed by atoms with E-state index in [1.807, 2.05) is 19.1 Å². The first kappa shape index (κ1) is 22.0. The van der Waals surface area contributed by atoms with E-state index in [1.165, 1.54) is 35.6 Å². The number of rotatable bonds is 6. The molecule has 32 heavy (non-hydrogen) atoms. The first-order valence-corrected chi connectivity index (χ1v) is 12.3. The van der Waals surface area contributed by atoms with Gasteiger partial charge in [-0.25, -0.2) is 13.4 Å². The van der Waals surface area contributed by atoms with Crippen LogP contribution in [0.25, 0.3) is 11.3 Å². The van der Waals surface area contributed by atoms with Crippen molar-refractivity contribution in [2.24, 2.45) is 0 Å². The molecule has 1 amide bonds. The van der Waals surface area contributed by atoms with Gasteiger partial charge in [0, 0.05) is 21.5 Å². The van der Waals surface area contributed by atoms with Gasteiger partial charge in [0.1, 0.15) is 0 Å². The van der Waals surface area contributed by atoms with E-state index in [9.17, 15) is 13.2 Å². The summed E-state index contributed by atoms with van der Waals surface area (Å²) in [6.45, 7) is 1.95. The first-order chi connectivity index (χ1) is 15.3. The molecule has 4 aromatic rings. The normalized spacial score (nSPS) is 11.2. The van der Waals surface area contributed by atoms with Gasteiger partial charge in [-0.1, -0.05) is 47.5 Å². The van der Waals surface area contributed by atoms with Gasteiger partial charge in [-0.05, 0) is 49.4 Å². The number of hydrogen-bond donors (Lipinski definition) is 2. The van der Waals surface area contributed by atoms with Gasteiger partial charge in [0.25, 0.3) is 15.9 Å². The predicted octanol–water partition coefficient (Wildman–Crippen LogP) is 5.83. The second-order valence-corrected chi connectivity index (χ2v) is 9.94. The first-order valence-electron chi connectivity index (χ1n) is 9.53. The number of nitrogens with one attached hydrogen (secondary N) is 2. The highest BCUT2D eigenvalue weighted by molar-refractivity contribution is 7.92. The second kappa shape index (κ2) is 9.12. The van der Waals surface area contributed by atoms with Gasteiger partial charge in [-0.2, -0.15) is 0 Å². The fraction of sp³-hybridized carbons (Fsp3) is 0.0435. The van der Waals surface area contributed by atoms with Crippen molar-refractivity contribution in [2.75, 3.05) is 10.0 Å². The van der Waals surface area contributed by atoms with E-state index < -0.39 is 10.0 Å². The van der Waals surface area contributed by atoms with Crippen molar-refractivity contribution in [1.29, 1.82) is 0 Å². The minimum atomic E-state index is -3.82. The summed E-state index contributed by atoms with van der Waals surface area (Å²) in [5.41, 5.74) is 3.11. The van der Waals surface area contributed by atoms with Crippen LogP contribution in [0.4, 0.5) is 10.8 Å². The maximum Gasteiger partial charge on any atom is 0.261 e. The molecule has 0 aliphatic heterocycles. The lowest BCUT2D eigenvalue weighted by atomic mass is 10.1. The summed E-state index contributed by atoms with van der Waals surface area (Å²) in [5, 5.41) is 5.42. The van der Waals surface area contributed by atoms with Crippen LogP contribution in [0.5, 0.6) is 0 Å². The van der Waals surface area contributed by atoms with Crippen LogP contribution in [-0.4, -0.2) is 19.3 Å². The lowest BCUT2D eigenvalue weighted by Crippen LogP contribution is -2.13. The van der Waals surface area contributed by atoms with Gasteiger partial charge < -0.3 is 0 Å². The Balaban J connectivity index is 1.57. The summed E-state index contributed by atoms with van der Waals surface area (Å²) < 4.78 is 28.2. The molecular formula is C23H18ClN3O3S2. The quantitative estimate of drug-likeness (QED) is 0.361. The summed E-state index contributed by atoms with van der Waals surface area (Å²) in [4.78, 5) is 17.0. The van der Waals surface area contributed by atoms with E-state index in [0.717, 1.165) is 5.56 Å². The average Bonchev–Trinajstić information content (AvgIpc) is 3.23. The van der Waals surface area contributed by atoms with Crippen molar-refractivity contribution < 1.29 is 13.2 Å². The number of aryl methyl sites for hydroxylation is 1. The number of aromatic nitrogens is 1. The Morgan fingerprint density at radius 2 is 1.66 bits per heavy atom. The van der Waals surface area contributed by atoms with Crippen molar-refractivity contribution in [3.8, 4) is 11.3 Å². The van der Waals surface area contributed by atoms with Gasteiger partial charge in [0.2, 0.25) is 0 Å². The second-order valence-electron chi connectivity index (χ2n) is 6.96. The minimum Gasteiger partial charge on any atom is -0.298 e. The number of sulfonamides is 1. The van der Waals surface area contributed by atoms with Gasteiger partial charge >= 0.3 is 0 Å². The van der Waals surface area contributed by atoms with Gasteiger partial charge in [0.05, 0.1) is 16.3 Å². The number of benzene rings is 3. The largest absolute Gasteiger partial charge is 0.298 e. The Kier molecular flexibility index (Phi) is 6.27. The molecule has 0 aliphatic carbocycles. The minimum absolute atomic E-state index is 0.0982. The molecule has 162 valence electrons. The van der Waals surface area contributed by atoms with E-state index in [-0.39, 0.29) is 10.8 Å². The van der Waals surface area contributed by atoms with Crippen molar-refractivity contribution >= 4 is 49.7 Å². The molecule has 0 unspecified atom stereocenters. The Hall–Kier alpha value is -3.20. The van der Waals surface area contributed by atoms with E-state index >= 15 is 0 Å². The maximum absolute atomic E-state index is 12.8. The average molecular weight is 484 g/mol. The van der Waals surface area contributed by atoms with Gasteiger partial charge in [-0.15, -0.1) is 11.3 Å². The van der Waals surface area contributed by atoms with Crippen LogP contribution in [0.1, 0.15) is 15.9 Å². The third kappa shape index (κ3) is 4.99. The molecule has 4 rings (SSSR count). The molecule has 2 N–H and O–H groups in total. The van der Waals surface area contributed by atoms with Crippen LogP contribution in [0.15, 0.2) is 83.1 Å². The van der Waals surface area contributed by atoms with Crippen LogP contribution < -0.4 is 10.0 Å². The molecule has 9 heteroatoms. The number of anilines is 2. The zero-order chi connectivity index (χ0) is 22.7. The third-order valence-corrected chi connectivity index (χ3v) is 7.00. The van der Waals surface area contributed by atoms with Crippen LogP contribution in [0.3, 0.4) is 0 Å². The highest BCUT2D eigenvalue weighted by atomic mass is 35.5. The summed E-state index contributed by atoms with van der Waals surface area (Å²) in [7, 11) is -3.82. The zero-order valence-electron chi connectivity index (χ0n) is 16.9. The van der Waals surface area contributed by atoms with E-state index in [1.54, 1.807) is 41.8 Å². The van der Waals surface area contributed by atoms with Gasteiger partial charge in [0.15, 0.2) is 5.13 Å². The predicted molar refractivity (Wildman–Crippen MR) is 129 cm³/mol. The lowest BCUT2D eigenvalue weighted by molar-refractivity contribution is 0.102. The van der Waals surface area contributed by atoms with Crippen LogP contribution >= 0.6 is 22.9 Å². The molecule has 0 aliphatic rings. The molecule has 0 atom stereocenters. The Bertz CT molecular complexity index is 1370. The van der Waals surface area contributed by atoms with Crippen molar-refractivity contribution in [3.63, 3.8) is 0 Å². The smallest absolute Gasteiger partial charge is 0.261 e. The van der Waals surface area contributed by atoms with Crippen molar-refractivity contribution in [3.05, 3.63) is 94.3 Å². The number of hydrogen-bond acceptors (Lipinski definition) is 5. The number of carbonyl (C=O) groups is 1. The zero-order valence-corrected chi connectivity index (χ0v) is 19.3. The Labute approximate surface area is 195 Å². The van der Waals surface area contributed by atoms with E-state index in [2.05, 4.69) is 15.0 Å². The lowest BCUT2D eigenvalue weighted by Gasteiger charge is -2.11. The topological polar surface area (TPSA) is 88.2 Å². The summed E-state index contributed by atoms with van der Waals surface area (Å²) in [6.07, 6.45) is 0. The number of carbonyl (C=O) groups excluding carboxylic acids is 1. The molecule has 0 saturated heterocycles. The number of halogens is 1. The highest BCUT2D eigenvalue weighted by Crippen LogP contribution is 2.32. The van der Waals surface area contributed by atoms with Gasteiger partial charge in [-0.3, -0.25) is 14.8 Å². The molecule has 0 spiro atoms. The summed E-state index contributed by atoms with van der Waals surface area (Å²) in [6, 6.07) is 20.1. The summed E-state index contributed by atoms with van der Waals surface area (Å²) >= 11 is 7.12. The SMILES string of the molecule is Cc1ccc(C(=O)Nc2nc(-c3ccccc3NS(=O)(=O)c3ccc(Cl)cc3)cs2)cc1. The van der Waals surface area contributed by atoms with E-state index in [0.29, 0.717) is 32.7 Å². The van der Waals surface area contributed by atoms with Crippen LogP contribution in [0, 0.1) is 6.92 Å². The van der Waals surface area contributed by atoms with Crippen LogP contribution in [-0.2, 0) is 10.0 Å². The maximum atomic E-state index is 12.8. The molecule has 0 bridgehead atoms. The monoisotopic (exact) mass is 483 g/mol. The summed E-state index contributed by atoms with van der Waals surface area (Å²) in [5.74, 6) is -0.261. The standard InChI is InChI=1S/C23H18ClN3O3S2/c1-15-6-8-16(9-7-15)22(28)26-23-25-21(14-31-23)19-4-2-3-5-20(19)27-32(29,30)18-12-10-17(24)11-13-18/h2-14,27H,1H3,(H,25,26,28). The number of thiazole rings is 1. The molecule has 6 nitrogen and oxygen atoms in total. The molecule has 0 saturated carbocycles. The molecular weight excluding hydrogens is 466 g/mol. The van der Waals surface area contributed by atoms with Crippen molar-refractivity contribution in [2.45, 2.75) is 11.8 Å². The Morgan fingerprint density at radius 3 is 2.38 bits per heavy atom. The molecule has 1 heterocycles. The third-order valence-electron chi connectivity index (χ3n) is 4.61. The molecule has 3 aromatic carbocycles. The number of nitrogens with zero attached hydrogens (tertiary/aromatic N) is 1. The fourth-order valence-electron chi connectivity index (χ4n) is 2.94. The Morgan fingerprint density at radius 1 is 0.969 bits per heavy atom. The fourth-order valence-corrected chi connectivity index (χ4v) is 4.85. The van der Waals surface area contributed by atoms with E-state index in [4.69, 9.17) is 11.6 Å². The van der Waals surface area contributed by atoms with Crippen molar-refractivity contribution in [1.82, 2.24) is 4.98 Å². The van der Waals surface area contributed by atoms with Crippen LogP contribution in [0.2, 0.25) is 5.02 Å². The molecule has 0 fully saturated rings.